The van der Waals surface area contributed by atoms with Crippen molar-refractivity contribution in [1.82, 2.24) is 5.32 Å². The van der Waals surface area contributed by atoms with Gasteiger partial charge in [0.05, 0.1) is 16.9 Å². The SMILES string of the molecule is O=C(NCCS(=O)(=O)O)c1ccc(CC(Cc2ccc(-c3ccc(C(F)(F)F)cc3)cc2)C(=O)Nc2ccc(-c3ccc(C(F)(F)F)cc3)cc2)cc1. The highest BCUT2D eigenvalue weighted by Gasteiger charge is 2.31. The molecule has 0 bridgehead atoms. The van der Waals surface area contributed by atoms with Gasteiger partial charge in [0.2, 0.25) is 5.91 Å². The van der Waals surface area contributed by atoms with Crippen molar-refractivity contribution in [3.63, 3.8) is 0 Å². The minimum Gasteiger partial charge on any atom is -0.351 e. The Morgan fingerprint density at radius 2 is 0.962 bits per heavy atom. The molecule has 0 saturated heterocycles. The molecule has 0 radical (unpaired) electrons. The van der Waals surface area contributed by atoms with Crippen molar-refractivity contribution in [2.75, 3.05) is 17.6 Å². The Morgan fingerprint density at radius 1 is 0.585 bits per heavy atom. The lowest BCUT2D eigenvalue weighted by molar-refractivity contribution is -0.138. The fraction of sp³-hybridized carbons (Fsp3) is 0.179. The predicted octanol–water partition coefficient (Wildman–Crippen LogP) is 8.72. The van der Waals surface area contributed by atoms with Crippen molar-refractivity contribution in [2.24, 2.45) is 5.92 Å². The summed E-state index contributed by atoms with van der Waals surface area (Å²) in [6.07, 6.45) is -8.41. The first-order valence-electron chi connectivity index (χ1n) is 16.1. The maximum absolute atomic E-state index is 13.7. The minimum atomic E-state index is -4.46. The molecule has 2 amide bonds. The van der Waals surface area contributed by atoms with E-state index in [1.807, 2.05) is 0 Å². The maximum Gasteiger partial charge on any atom is 0.416 e. The number of alkyl halides is 6. The molecule has 0 heterocycles. The second-order valence-corrected chi connectivity index (χ2v) is 13.8. The summed E-state index contributed by atoms with van der Waals surface area (Å²) in [6.45, 7) is -0.287. The molecular weight excluding hydrogens is 722 g/mol. The van der Waals surface area contributed by atoms with Crippen LogP contribution in [-0.2, 0) is 40.1 Å². The van der Waals surface area contributed by atoms with Crippen LogP contribution in [0.3, 0.4) is 0 Å². The van der Waals surface area contributed by atoms with E-state index in [1.54, 1.807) is 60.7 Å². The molecule has 0 aliphatic heterocycles. The first-order chi connectivity index (χ1) is 24.9. The molecule has 0 saturated carbocycles. The molecule has 0 aliphatic rings. The number of hydrogen-bond acceptors (Lipinski definition) is 4. The topological polar surface area (TPSA) is 113 Å². The number of carbonyl (C=O) groups excluding carboxylic acids is 2. The van der Waals surface area contributed by atoms with Crippen LogP contribution in [-0.4, -0.2) is 37.1 Å². The number of benzene rings is 5. The number of amides is 2. The average Bonchev–Trinajstić information content (AvgIpc) is 3.11. The first kappa shape index (κ1) is 38.8. The van der Waals surface area contributed by atoms with Gasteiger partial charge in [-0.15, -0.1) is 0 Å². The van der Waals surface area contributed by atoms with Crippen LogP contribution in [0.1, 0.15) is 32.6 Å². The van der Waals surface area contributed by atoms with Gasteiger partial charge in [-0.25, -0.2) is 0 Å². The number of halogens is 6. The van der Waals surface area contributed by atoms with Gasteiger partial charge >= 0.3 is 12.4 Å². The van der Waals surface area contributed by atoms with E-state index < -0.39 is 51.2 Å². The van der Waals surface area contributed by atoms with E-state index in [0.29, 0.717) is 33.5 Å². The van der Waals surface area contributed by atoms with E-state index in [-0.39, 0.29) is 30.9 Å². The predicted molar refractivity (Wildman–Crippen MR) is 188 cm³/mol. The van der Waals surface area contributed by atoms with Gasteiger partial charge in [0.15, 0.2) is 0 Å². The lowest BCUT2D eigenvalue weighted by atomic mass is 9.90. The summed E-state index contributed by atoms with van der Waals surface area (Å²) >= 11 is 0. The van der Waals surface area contributed by atoms with Crippen LogP contribution >= 0.6 is 0 Å². The zero-order chi connectivity index (χ0) is 38.4. The number of carbonyl (C=O) groups is 2. The van der Waals surface area contributed by atoms with Gasteiger partial charge in [0, 0.05) is 23.7 Å². The van der Waals surface area contributed by atoms with Crippen molar-refractivity contribution in [2.45, 2.75) is 25.2 Å². The summed E-state index contributed by atoms with van der Waals surface area (Å²) in [6, 6.07) is 29.5. The minimum absolute atomic E-state index is 0.233. The van der Waals surface area contributed by atoms with Crippen LogP contribution in [0, 0.1) is 5.92 Å². The van der Waals surface area contributed by atoms with Crippen LogP contribution < -0.4 is 10.6 Å². The molecule has 14 heteroatoms. The third-order valence-corrected chi connectivity index (χ3v) is 9.11. The van der Waals surface area contributed by atoms with Crippen LogP contribution in [0.2, 0.25) is 0 Å². The fourth-order valence-corrected chi connectivity index (χ4v) is 5.90. The lowest BCUT2D eigenvalue weighted by Crippen LogP contribution is -2.29. The van der Waals surface area contributed by atoms with E-state index in [0.717, 1.165) is 29.8 Å². The maximum atomic E-state index is 13.7. The Balaban J connectivity index is 1.32. The van der Waals surface area contributed by atoms with Gasteiger partial charge in [-0.05, 0) is 94.8 Å². The first-order valence-corrected chi connectivity index (χ1v) is 17.7. The molecule has 5 aromatic rings. The summed E-state index contributed by atoms with van der Waals surface area (Å²) in [4.78, 5) is 26.2. The van der Waals surface area contributed by atoms with Gasteiger partial charge in [0.1, 0.15) is 0 Å². The van der Waals surface area contributed by atoms with E-state index in [2.05, 4.69) is 10.6 Å². The third-order valence-electron chi connectivity index (χ3n) is 8.39. The van der Waals surface area contributed by atoms with Crippen LogP contribution in [0.4, 0.5) is 32.0 Å². The molecule has 7 nitrogen and oxygen atoms in total. The van der Waals surface area contributed by atoms with Gasteiger partial charge < -0.3 is 10.6 Å². The Kier molecular flexibility index (Phi) is 11.7. The monoisotopic (exact) mass is 754 g/mol. The van der Waals surface area contributed by atoms with Crippen molar-refractivity contribution >= 4 is 27.6 Å². The highest BCUT2D eigenvalue weighted by atomic mass is 32.2. The quantitative estimate of drug-likeness (QED) is 0.0872. The molecule has 5 rings (SSSR count). The van der Waals surface area contributed by atoms with E-state index in [9.17, 15) is 44.3 Å². The van der Waals surface area contributed by atoms with Gasteiger partial charge in [-0.1, -0.05) is 72.8 Å². The van der Waals surface area contributed by atoms with Crippen molar-refractivity contribution in [3.8, 4) is 22.3 Å². The highest BCUT2D eigenvalue weighted by Crippen LogP contribution is 2.33. The Morgan fingerprint density at radius 3 is 1.36 bits per heavy atom. The van der Waals surface area contributed by atoms with Gasteiger partial charge in [-0.2, -0.15) is 34.8 Å². The van der Waals surface area contributed by atoms with Crippen LogP contribution in [0.15, 0.2) is 121 Å². The largest absolute Gasteiger partial charge is 0.416 e. The Hall–Kier alpha value is -5.47. The number of anilines is 1. The molecule has 0 spiro atoms. The third kappa shape index (κ3) is 11.0. The number of nitrogens with one attached hydrogen (secondary N) is 2. The molecule has 1 atom stereocenters. The molecule has 0 aliphatic carbocycles. The fourth-order valence-electron chi connectivity index (χ4n) is 5.54. The summed E-state index contributed by atoms with van der Waals surface area (Å²) in [7, 11) is -4.25. The average molecular weight is 755 g/mol. The van der Waals surface area contributed by atoms with Crippen molar-refractivity contribution in [3.05, 3.63) is 149 Å². The summed E-state index contributed by atoms with van der Waals surface area (Å²) in [5.41, 5.74) is 3.11. The molecule has 5 aromatic carbocycles. The highest BCUT2D eigenvalue weighted by molar-refractivity contribution is 7.85. The summed E-state index contributed by atoms with van der Waals surface area (Å²) < 4.78 is 109. The summed E-state index contributed by atoms with van der Waals surface area (Å²) in [5, 5.41) is 5.30. The molecule has 0 aromatic heterocycles. The van der Waals surface area contributed by atoms with E-state index >= 15 is 0 Å². The van der Waals surface area contributed by atoms with Crippen molar-refractivity contribution < 1.29 is 48.9 Å². The molecule has 53 heavy (non-hydrogen) atoms. The molecule has 3 N–H and O–H groups in total. The second kappa shape index (κ2) is 16.0. The zero-order valence-electron chi connectivity index (χ0n) is 27.7. The summed E-state index contributed by atoms with van der Waals surface area (Å²) in [5.74, 6) is -2.18. The zero-order valence-corrected chi connectivity index (χ0v) is 28.5. The Bertz CT molecular complexity index is 2130. The Labute approximate surface area is 301 Å². The smallest absolute Gasteiger partial charge is 0.351 e. The molecule has 276 valence electrons. The molecule has 1 unspecified atom stereocenters. The van der Waals surface area contributed by atoms with Gasteiger partial charge in [-0.3, -0.25) is 14.1 Å². The number of rotatable bonds is 12. The van der Waals surface area contributed by atoms with E-state index in [1.165, 1.54) is 36.4 Å². The number of hydrogen-bond donors (Lipinski definition) is 3. The normalized spacial score (nSPS) is 12.6. The standard InChI is InChI=1S/C39H32F6N2O5S/c40-38(41,42)33-15-9-28(10-16-33)27-5-1-25(2-6-27)23-32(24-26-3-7-31(8-4-26)36(48)46-21-22-53(50,51)52)37(49)47-35-19-13-30(14-20-35)29-11-17-34(18-12-29)39(43,44)45/h1-20,32H,21-24H2,(H,46,48)(H,47,49)(H,50,51,52). The van der Waals surface area contributed by atoms with Crippen LogP contribution in [0.25, 0.3) is 22.3 Å². The van der Waals surface area contributed by atoms with Gasteiger partial charge in [0.25, 0.3) is 16.0 Å². The van der Waals surface area contributed by atoms with Crippen molar-refractivity contribution in [1.29, 1.82) is 0 Å². The second-order valence-electron chi connectivity index (χ2n) is 12.3. The molecular formula is C39H32F6N2O5S. The van der Waals surface area contributed by atoms with Crippen LogP contribution in [0.5, 0.6) is 0 Å². The molecule has 0 fully saturated rings. The lowest BCUT2D eigenvalue weighted by Gasteiger charge is -2.18. The van der Waals surface area contributed by atoms with E-state index in [4.69, 9.17) is 4.55 Å².